The van der Waals surface area contributed by atoms with Crippen molar-refractivity contribution in [2.75, 3.05) is 5.32 Å². The van der Waals surface area contributed by atoms with Gasteiger partial charge in [-0.25, -0.2) is 4.98 Å². The maximum atomic E-state index is 12.9. The fraction of sp³-hybridized carbons (Fsp3) is 0.0870. The quantitative estimate of drug-likeness (QED) is 0.447. The molecule has 5 aromatic rings. The van der Waals surface area contributed by atoms with Crippen molar-refractivity contribution >= 4 is 28.6 Å². The van der Waals surface area contributed by atoms with Crippen molar-refractivity contribution < 1.29 is 4.79 Å². The second-order valence-electron chi connectivity index (χ2n) is 7.07. The number of hydrogen-bond acceptors (Lipinski definition) is 6. The smallest absolute Gasteiger partial charge is 0.267 e. The second-order valence-corrected chi connectivity index (χ2v) is 8.07. The Balaban J connectivity index is 1.41. The number of carbonyl (C=O) groups is 1. The summed E-state index contributed by atoms with van der Waals surface area (Å²) in [5.74, 6) is 0.545. The van der Waals surface area contributed by atoms with E-state index in [1.807, 2.05) is 80.6 Å². The number of thiazole rings is 1. The van der Waals surface area contributed by atoms with Gasteiger partial charge in [0.15, 0.2) is 11.5 Å². The van der Waals surface area contributed by atoms with Gasteiger partial charge >= 0.3 is 0 Å². The number of fused-ring (bicyclic) bond motifs is 1. The lowest BCUT2D eigenvalue weighted by molar-refractivity contribution is 0.103. The molecule has 152 valence electrons. The highest BCUT2D eigenvalue weighted by Gasteiger charge is 2.17. The Bertz CT molecular complexity index is 1410. The number of aromatic nitrogens is 5. The Morgan fingerprint density at radius 2 is 1.74 bits per heavy atom. The summed E-state index contributed by atoms with van der Waals surface area (Å²) in [6, 6.07) is 21.2. The van der Waals surface area contributed by atoms with Gasteiger partial charge in [0, 0.05) is 16.8 Å². The zero-order chi connectivity index (χ0) is 21.4. The van der Waals surface area contributed by atoms with Crippen LogP contribution in [0.15, 0.2) is 66.7 Å². The molecule has 0 fully saturated rings. The first-order chi connectivity index (χ1) is 15.1. The summed E-state index contributed by atoms with van der Waals surface area (Å²) >= 11 is 1.39. The minimum atomic E-state index is -0.174. The van der Waals surface area contributed by atoms with Crippen LogP contribution >= 0.6 is 11.3 Å². The monoisotopic (exact) mass is 426 g/mol. The number of hydrogen-bond donors (Lipinski definition) is 1. The summed E-state index contributed by atoms with van der Waals surface area (Å²) in [6.45, 7) is 3.71. The molecule has 31 heavy (non-hydrogen) atoms. The van der Waals surface area contributed by atoms with Gasteiger partial charge in [-0.15, -0.1) is 21.5 Å². The lowest BCUT2D eigenvalue weighted by atomic mass is 10.1. The molecule has 8 heteroatoms. The third kappa shape index (κ3) is 3.69. The molecule has 0 spiro atoms. The molecule has 1 N–H and O–H groups in total. The first-order valence-corrected chi connectivity index (χ1v) is 10.5. The Hall–Kier alpha value is -3.91. The standard InChI is InChI=1S/C23H18N6OS/c1-14-21(31-23(24-14)16-7-4-3-5-8-16)22(30)25-18-10-6-9-17(13-18)19-11-12-20-27-26-15(2)29(20)28-19/h3-13H,1-2H3,(H,25,30). The molecule has 0 aliphatic heterocycles. The summed E-state index contributed by atoms with van der Waals surface area (Å²) in [7, 11) is 0. The van der Waals surface area contributed by atoms with E-state index in [4.69, 9.17) is 0 Å². The molecule has 0 bridgehead atoms. The Labute approximate surface area is 182 Å². The molecule has 7 nitrogen and oxygen atoms in total. The number of nitrogens with zero attached hydrogens (tertiary/aromatic N) is 5. The van der Waals surface area contributed by atoms with Crippen LogP contribution in [0.3, 0.4) is 0 Å². The van der Waals surface area contributed by atoms with Crippen LogP contribution in [0.25, 0.3) is 27.5 Å². The minimum Gasteiger partial charge on any atom is -0.321 e. The normalized spacial score (nSPS) is 11.0. The van der Waals surface area contributed by atoms with Crippen LogP contribution in [0.1, 0.15) is 21.2 Å². The molecule has 2 aromatic carbocycles. The van der Waals surface area contributed by atoms with E-state index in [2.05, 4.69) is 25.6 Å². The van der Waals surface area contributed by atoms with Crippen molar-refractivity contribution in [3.8, 4) is 21.8 Å². The second kappa shape index (κ2) is 7.73. The zero-order valence-corrected chi connectivity index (χ0v) is 17.7. The van der Waals surface area contributed by atoms with E-state index in [9.17, 15) is 4.79 Å². The third-order valence-corrected chi connectivity index (χ3v) is 6.06. The number of aryl methyl sites for hydroxylation is 2. The van der Waals surface area contributed by atoms with Crippen molar-refractivity contribution in [2.45, 2.75) is 13.8 Å². The van der Waals surface area contributed by atoms with Gasteiger partial charge in [0.2, 0.25) is 0 Å². The van der Waals surface area contributed by atoms with Gasteiger partial charge in [-0.1, -0.05) is 42.5 Å². The van der Waals surface area contributed by atoms with E-state index < -0.39 is 0 Å². The molecule has 0 unspecified atom stereocenters. The molecule has 0 aliphatic rings. The zero-order valence-electron chi connectivity index (χ0n) is 16.9. The van der Waals surface area contributed by atoms with Gasteiger partial charge in [0.25, 0.3) is 5.91 Å². The van der Waals surface area contributed by atoms with E-state index in [1.165, 1.54) is 11.3 Å². The first kappa shape index (κ1) is 19.1. The summed E-state index contributed by atoms with van der Waals surface area (Å²) in [6.07, 6.45) is 0. The molecule has 3 heterocycles. The van der Waals surface area contributed by atoms with E-state index in [1.54, 1.807) is 4.52 Å². The topological polar surface area (TPSA) is 85.1 Å². The first-order valence-electron chi connectivity index (χ1n) is 9.72. The lowest BCUT2D eigenvalue weighted by Crippen LogP contribution is -2.11. The highest BCUT2D eigenvalue weighted by Crippen LogP contribution is 2.29. The number of benzene rings is 2. The fourth-order valence-corrected chi connectivity index (χ4v) is 4.27. The molecular formula is C23H18N6OS. The molecule has 0 atom stereocenters. The van der Waals surface area contributed by atoms with Gasteiger partial charge in [-0.2, -0.15) is 9.61 Å². The lowest BCUT2D eigenvalue weighted by Gasteiger charge is -2.07. The number of anilines is 1. The van der Waals surface area contributed by atoms with Crippen molar-refractivity contribution in [3.05, 3.63) is 83.1 Å². The molecule has 0 aliphatic carbocycles. The fourth-order valence-electron chi connectivity index (χ4n) is 3.31. The number of amides is 1. The summed E-state index contributed by atoms with van der Waals surface area (Å²) in [5.41, 5.74) is 4.76. The van der Waals surface area contributed by atoms with E-state index in [0.717, 1.165) is 27.7 Å². The van der Waals surface area contributed by atoms with E-state index in [0.29, 0.717) is 21.9 Å². The number of rotatable bonds is 4. The van der Waals surface area contributed by atoms with Crippen molar-refractivity contribution in [1.82, 2.24) is 24.8 Å². The van der Waals surface area contributed by atoms with Gasteiger partial charge in [-0.05, 0) is 38.1 Å². The number of nitrogens with one attached hydrogen (secondary N) is 1. The van der Waals surface area contributed by atoms with Crippen LogP contribution in [0.2, 0.25) is 0 Å². The van der Waals surface area contributed by atoms with Crippen LogP contribution < -0.4 is 5.32 Å². The average Bonchev–Trinajstić information content (AvgIpc) is 3.37. The summed E-state index contributed by atoms with van der Waals surface area (Å²) < 4.78 is 1.70. The van der Waals surface area contributed by atoms with Crippen molar-refractivity contribution in [1.29, 1.82) is 0 Å². The van der Waals surface area contributed by atoms with Crippen LogP contribution in [-0.4, -0.2) is 30.7 Å². The predicted molar refractivity (Wildman–Crippen MR) is 121 cm³/mol. The van der Waals surface area contributed by atoms with Crippen molar-refractivity contribution in [3.63, 3.8) is 0 Å². The maximum absolute atomic E-state index is 12.9. The number of carbonyl (C=O) groups excluding carboxylic acids is 1. The van der Waals surface area contributed by atoms with Crippen LogP contribution in [0.4, 0.5) is 5.69 Å². The van der Waals surface area contributed by atoms with Crippen molar-refractivity contribution in [2.24, 2.45) is 0 Å². The Morgan fingerprint density at radius 1 is 0.935 bits per heavy atom. The van der Waals surface area contributed by atoms with Gasteiger partial charge in [0.1, 0.15) is 9.88 Å². The van der Waals surface area contributed by atoms with Gasteiger partial charge < -0.3 is 5.32 Å². The van der Waals surface area contributed by atoms with Gasteiger partial charge in [0.05, 0.1) is 11.4 Å². The molecule has 3 aromatic heterocycles. The Morgan fingerprint density at radius 3 is 2.58 bits per heavy atom. The molecule has 0 saturated heterocycles. The maximum Gasteiger partial charge on any atom is 0.267 e. The SMILES string of the molecule is Cc1nc(-c2ccccc2)sc1C(=O)Nc1cccc(-c2ccc3nnc(C)n3n2)c1. The highest BCUT2D eigenvalue weighted by molar-refractivity contribution is 7.17. The third-order valence-electron chi connectivity index (χ3n) is 4.86. The van der Waals surface area contributed by atoms with Crippen LogP contribution in [0, 0.1) is 13.8 Å². The van der Waals surface area contributed by atoms with E-state index in [-0.39, 0.29) is 5.91 Å². The largest absolute Gasteiger partial charge is 0.321 e. The molecule has 0 saturated carbocycles. The molecular weight excluding hydrogens is 408 g/mol. The average molecular weight is 427 g/mol. The van der Waals surface area contributed by atoms with Crippen LogP contribution in [-0.2, 0) is 0 Å². The van der Waals surface area contributed by atoms with Crippen LogP contribution in [0.5, 0.6) is 0 Å². The molecule has 5 rings (SSSR count). The summed E-state index contributed by atoms with van der Waals surface area (Å²) in [4.78, 5) is 18.1. The van der Waals surface area contributed by atoms with Gasteiger partial charge in [-0.3, -0.25) is 4.79 Å². The molecule has 1 amide bonds. The summed E-state index contributed by atoms with van der Waals surface area (Å²) in [5, 5.41) is 16.5. The minimum absolute atomic E-state index is 0.174. The highest BCUT2D eigenvalue weighted by atomic mass is 32.1. The van der Waals surface area contributed by atoms with E-state index >= 15 is 0 Å². The Kier molecular flexibility index (Phi) is 4.76. The molecule has 0 radical (unpaired) electrons. The predicted octanol–water partition coefficient (Wildman–Crippen LogP) is 4.78.